The van der Waals surface area contributed by atoms with E-state index >= 15 is 4.39 Å². The summed E-state index contributed by atoms with van der Waals surface area (Å²) in [6.45, 7) is 7.63. The molecule has 0 bridgehead atoms. The van der Waals surface area contributed by atoms with Crippen molar-refractivity contribution in [2.75, 3.05) is 6.54 Å². The molecule has 1 aliphatic heterocycles. The van der Waals surface area contributed by atoms with Crippen LogP contribution in [0.1, 0.15) is 51.2 Å². The van der Waals surface area contributed by atoms with Crippen molar-refractivity contribution in [1.29, 1.82) is 0 Å². The number of hydrogen-bond acceptors (Lipinski definition) is 4. The lowest BCUT2D eigenvalue weighted by molar-refractivity contribution is 0.0118. The third-order valence-corrected chi connectivity index (χ3v) is 7.72. The fourth-order valence-corrected chi connectivity index (χ4v) is 5.69. The van der Waals surface area contributed by atoms with E-state index in [-0.39, 0.29) is 4.90 Å². The van der Waals surface area contributed by atoms with Gasteiger partial charge >= 0.3 is 6.09 Å². The predicted octanol–water partition coefficient (Wildman–Crippen LogP) is 6.29. The summed E-state index contributed by atoms with van der Waals surface area (Å²) >= 11 is 0. The first-order valence-corrected chi connectivity index (χ1v) is 13.2. The zero-order valence-electron chi connectivity index (χ0n) is 20.5. The molecule has 8 heteroatoms. The number of amides is 1. The summed E-state index contributed by atoms with van der Waals surface area (Å²) in [4.78, 5) is 14.3. The zero-order chi connectivity index (χ0) is 25.4. The number of halogens is 1. The third kappa shape index (κ3) is 5.27. The van der Waals surface area contributed by atoms with Crippen LogP contribution in [0.4, 0.5) is 9.18 Å². The monoisotopic (exact) mass is 498 g/mol. The van der Waals surface area contributed by atoms with Gasteiger partial charge in [-0.15, -0.1) is 0 Å². The number of carbonyl (C=O) groups is 1. The topological polar surface area (TPSA) is 68.6 Å². The molecule has 0 aliphatic carbocycles. The summed E-state index contributed by atoms with van der Waals surface area (Å²) in [5.41, 5.74) is 1.16. The molecule has 35 heavy (non-hydrogen) atoms. The number of carbonyl (C=O) groups excluding carboxylic acids is 1. The fraction of sp³-hybridized carbons (Fsp3) is 0.370. The number of piperidine rings is 1. The molecular formula is C27H31FN2O4S. The van der Waals surface area contributed by atoms with E-state index in [9.17, 15) is 13.2 Å². The Morgan fingerprint density at radius 3 is 2.46 bits per heavy atom. The van der Waals surface area contributed by atoms with E-state index in [1.165, 1.54) is 21.1 Å². The lowest BCUT2D eigenvalue weighted by atomic mass is 10.00. The predicted molar refractivity (Wildman–Crippen MR) is 135 cm³/mol. The maximum Gasteiger partial charge on any atom is 0.410 e. The van der Waals surface area contributed by atoms with Crippen molar-refractivity contribution in [2.24, 2.45) is 0 Å². The minimum atomic E-state index is -3.89. The molecule has 1 aromatic heterocycles. The summed E-state index contributed by atoms with van der Waals surface area (Å²) in [6, 6.07) is 12.9. The highest BCUT2D eigenvalue weighted by Gasteiger charge is 2.33. The van der Waals surface area contributed by atoms with E-state index in [4.69, 9.17) is 4.74 Å². The van der Waals surface area contributed by atoms with Gasteiger partial charge in [0, 0.05) is 23.7 Å². The second-order valence-electron chi connectivity index (χ2n) is 9.93. The first kappa shape index (κ1) is 25.0. The molecular weight excluding hydrogens is 467 g/mol. The Morgan fingerprint density at radius 1 is 1.09 bits per heavy atom. The van der Waals surface area contributed by atoms with Gasteiger partial charge < -0.3 is 4.74 Å². The van der Waals surface area contributed by atoms with Crippen molar-refractivity contribution < 1.29 is 22.3 Å². The molecule has 186 valence electrons. The molecule has 0 saturated carbocycles. The molecule has 1 atom stereocenters. The SMILES string of the molecule is Cc1ccc(S(=O)(=O)n2cc(C=C(F)C3CCCCN3C(=O)OC(C)(C)C)c3ccccc32)cc1. The molecule has 1 aliphatic rings. The van der Waals surface area contributed by atoms with Gasteiger partial charge in [-0.05, 0) is 71.2 Å². The quantitative estimate of drug-likeness (QED) is 0.424. The van der Waals surface area contributed by atoms with Gasteiger partial charge in [0.2, 0.25) is 0 Å². The Balaban J connectivity index is 1.74. The molecule has 0 radical (unpaired) electrons. The van der Waals surface area contributed by atoms with Crippen LogP contribution in [0.25, 0.3) is 17.0 Å². The van der Waals surface area contributed by atoms with Crippen LogP contribution in [-0.2, 0) is 14.8 Å². The van der Waals surface area contributed by atoms with E-state index < -0.39 is 33.6 Å². The minimum absolute atomic E-state index is 0.156. The minimum Gasteiger partial charge on any atom is -0.444 e. The van der Waals surface area contributed by atoms with Crippen LogP contribution in [0.2, 0.25) is 0 Å². The first-order valence-electron chi connectivity index (χ1n) is 11.8. The smallest absolute Gasteiger partial charge is 0.410 e. The number of ether oxygens (including phenoxy) is 1. The maximum absolute atomic E-state index is 15.7. The normalized spacial score (nSPS) is 17.6. The Kier molecular flexibility index (Phi) is 6.77. The van der Waals surface area contributed by atoms with E-state index in [2.05, 4.69) is 0 Å². The number of fused-ring (bicyclic) bond motifs is 1. The molecule has 6 nitrogen and oxygen atoms in total. The second kappa shape index (κ2) is 9.49. The number of hydrogen-bond donors (Lipinski definition) is 0. The number of benzene rings is 2. The third-order valence-electron chi connectivity index (χ3n) is 6.03. The van der Waals surface area contributed by atoms with Crippen LogP contribution >= 0.6 is 0 Å². The molecule has 1 fully saturated rings. The summed E-state index contributed by atoms with van der Waals surface area (Å²) in [5, 5.41) is 0.609. The molecule has 2 aromatic carbocycles. The Bertz CT molecular complexity index is 1370. The molecule has 0 spiro atoms. The van der Waals surface area contributed by atoms with Crippen molar-refractivity contribution >= 4 is 33.1 Å². The van der Waals surface area contributed by atoms with Crippen molar-refractivity contribution in [2.45, 2.75) is 63.5 Å². The van der Waals surface area contributed by atoms with E-state index in [0.29, 0.717) is 29.4 Å². The van der Waals surface area contributed by atoms with Crippen LogP contribution in [0.15, 0.2) is 65.5 Å². The molecule has 2 heterocycles. The summed E-state index contributed by atoms with van der Waals surface area (Å²) in [6.07, 6.45) is 4.28. The lowest BCUT2D eigenvalue weighted by Gasteiger charge is -2.36. The number of aromatic nitrogens is 1. The van der Waals surface area contributed by atoms with E-state index in [0.717, 1.165) is 18.4 Å². The van der Waals surface area contributed by atoms with Gasteiger partial charge in [-0.25, -0.2) is 21.6 Å². The number of para-hydroxylation sites is 1. The van der Waals surface area contributed by atoms with E-state index in [1.807, 2.05) is 6.92 Å². The number of nitrogens with zero attached hydrogens (tertiary/aromatic N) is 2. The Labute approximate surface area is 206 Å². The average Bonchev–Trinajstić information content (AvgIpc) is 3.17. The largest absolute Gasteiger partial charge is 0.444 e. The first-order chi connectivity index (χ1) is 16.5. The summed E-state index contributed by atoms with van der Waals surface area (Å²) in [5.74, 6) is -0.494. The number of aryl methyl sites for hydroxylation is 1. The van der Waals surface area contributed by atoms with Gasteiger partial charge in [-0.1, -0.05) is 35.9 Å². The molecule has 4 rings (SSSR count). The highest BCUT2D eigenvalue weighted by Crippen LogP contribution is 2.31. The zero-order valence-corrected chi connectivity index (χ0v) is 21.3. The Hall–Kier alpha value is -3.13. The molecule has 0 N–H and O–H groups in total. The number of rotatable bonds is 4. The van der Waals surface area contributed by atoms with Crippen molar-refractivity contribution in [3.8, 4) is 0 Å². The average molecular weight is 499 g/mol. The van der Waals surface area contributed by atoms with Gasteiger partial charge in [0.05, 0.1) is 16.5 Å². The molecule has 1 saturated heterocycles. The molecule has 3 aromatic rings. The van der Waals surface area contributed by atoms with Crippen LogP contribution in [0, 0.1) is 6.92 Å². The maximum atomic E-state index is 15.7. The highest BCUT2D eigenvalue weighted by molar-refractivity contribution is 7.90. The van der Waals surface area contributed by atoms with Gasteiger partial charge in [0.25, 0.3) is 10.0 Å². The van der Waals surface area contributed by atoms with Gasteiger partial charge in [0.1, 0.15) is 11.4 Å². The standard InChI is InChI=1S/C27H31FN2O4S/c1-19-12-14-21(15-13-19)35(32,33)30-18-20(22-9-5-6-10-24(22)30)17-23(28)25-11-7-8-16-29(25)26(31)34-27(2,3)4/h5-6,9-10,12-15,17-18,25H,7-8,11,16H2,1-4H3. The molecule has 1 unspecified atom stereocenters. The van der Waals surface area contributed by atoms with Crippen LogP contribution < -0.4 is 0 Å². The van der Waals surface area contributed by atoms with Crippen LogP contribution in [0.5, 0.6) is 0 Å². The Morgan fingerprint density at radius 2 is 1.77 bits per heavy atom. The van der Waals surface area contributed by atoms with Crippen LogP contribution in [0.3, 0.4) is 0 Å². The fourth-order valence-electron chi connectivity index (χ4n) is 4.32. The lowest BCUT2D eigenvalue weighted by Crippen LogP contribution is -2.46. The highest BCUT2D eigenvalue weighted by atomic mass is 32.2. The molecule has 1 amide bonds. The van der Waals surface area contributed by atoms with Crippen molar-refractivity contribution in [1.82, 2.24) is 8.87 Å². The van der Waals surface area contributed by atoms with E-state index in [1.54, 1.807) is 69.3 Å². The van der Waals surface area contributed by atoms with Gasteiger partial charge in [0.15, 0.2) is 0 Å². The van der Waals surface area contributed by atoms with Gasteiger partial charge in [-0.3, -0.25) is 4.90 Å². The second-order valence-corrected chi connectivity index (χ2v) is 11.7. The summed E-state index contributed by atoms with van der Waals surface area (Å²) < 4.78 is 49.2. The number of likely N-dealkylation sites (tertiary alicyclic amines) is 1. The van der Waals surface area contributed by atoms with Crippen molar-refractivity contribution in [3.63, 3.8) is 0 Å². The van der Waals surface area contributed by atoms with Gasteiger partial charge in [-0.2, -0.15) is 0 Å². The summed E-state index contributed by atoms with van der Waals surface area (Å²) in [7, 11) is -3.89. The van der Waals surface area contributed by atoms with Crippen LogP contribution in [-0.4, -0.2) is 41.6 Å². The van der Waals surface area contributed by atoms with Crippen molar-refractivity contribution in [3.05, 3.63) is 71.7 Å².